The molecule has 0 aromatic heterocycles. The summed E-state index contributed by atoms with van der Waals surface area (Å²) in [5.74, 6) is -0.139. The normalized spacial score (nSPS) is 13.9. The Morgan fingerprint density at radius 2 is 1.94 bits per heavy atom. The lowest BCUT2D eigenvalue weighted by molar-refractivity contribution is 0.403. The van der Waals surface area contributed by atoms with Crippen molar-refractivity contribution in [2.75, 3.05) is 7.05 Å². The molecule has 1 rings (SSSR count). The number of rotatable bonds is 4. The first kappa shape index (κ1) is 13.2. The van der Waals surface area contributed by atoms with E-state index in [1.54, 1.807) is 12.1 Å². The van der Waals surface area contributed by atoms with Crippen LogP contribution >= 0.6 is 0 Å². The van der Waals surface area contributed by atoms with Gasteiger partial charge in [0.25, 0.3) is 0 Å². The molecule has 0 heterocycles. The predicted octanol–water partition coefficient (Wildman–Crippen LogP) is 3.41. The fraction of sp³-hybridized carbons (Fsp3) is 0.571. The van der Waals surface area contributed by atoms with E-state index in [2.05, 4.69) is 32.2 Å². The van der Waals surface area contributed by atoms with Crippen LogP contribution in [0.15, 0.2) is 18.2 Å². The molecule has 0 bridgehead atoms. The smallest absolute Gasteiger partial charge is 0.123 e. The van der Waals surface area contributed by atoms with Crippen molar-refractivity contribution in [3.8, 4) is 0 Å². The molecule has 0 amide bonds. The maximum atomic E-state index is 13.4. The van der Waals surface area contributed by atoms with Gasteiger partial charge in [0.1, 0.15) is 5.82 Å². The summed E-state index contributed by atoms with van der Waals surface area (Å²) in [6.45, 7) is 8.40. The van der Waals surface area contributed by atoms with Crippen LogP contribution in [0, 0.1) is 12.7 Å². The van der Waals surface area contributed by atoms with Gasteiger partial charge in [-0.25, -0.2) is 4.39 Å². The third-order valence-corrected chi connectivity index (χ3v) is 3.13. The van der Waals surface area contributed by atoms with E-state index in [0.717, 1.165) is 17.5 Å². The third-order valence-electron chi connectivity index (χ3n) is 3.13. The zero-order valence-corrected chi connectivity index (χ0v) is 10.9. The molecule has 90 valence electrons. The Morgan fingerprint density at radius 1 is 1.31 bits per heavy atom. The molecule has 1 nitrogen and oxygen atoms in total. The summed E-state index contributed by atoms with van der Waals surface area (Å²) in [5, 5.41) is 3.23. The maximum Gasteiger partial charge on any atom is 0.123 e. The quantitative estimate of drug-likeness (QED) is 0.825. The van der Waals surface area contributed by atoms with Crippen molar-refractivity contribution >= 4 is 0 Å². The van der Waals surface area contributed by atoms with Crippen LogP contribution in [-0.2, 0) is 5.41 Å². The van der Waals surface area contributed by atoms with Crippen LogP contribution in [0.1, 0.15) is 38.3 Å². The molecule has 0 saturated heterocycles. The van der Waals surface area contributed by atoms with E-state index in [4.69, 9.17) is 0 Å². The third kappa shape index (κ3) is 3.31. The average molecular weight is 223 g/mol. The Labute approximate surface area is 98.1 Å². The van der Waals surface area contributed by atoms with Gasteiger partial charge in [-0.05, 0) is 56.0 Å². The Hall–Kier alpha value is -0.890. The van der Waals surface area contributed by atoms with E-state index in [-0.39, 0.29) is 11.2 Å². The second kappa shape index (κ2) is 4.96. The molecule has 0 aliphatic carbocycles. The van der Waals surface area contributed by atoms with E-state index >= 15 is 0 Å². The lowest BCUT2D eigenvalue weighted by Gasteiger charge is -2.29. The number of hydrogen-bond acceptors (Lipinski definition) is 1. The van der Waals surface area contributed by atoms with E-state index in [0.29, 0.717) is 6.04 Å². The first-order chi connectivity index (χ1) is 7.35. The number of benzene rings is 1. The topological polar surface area (TPSA) is 12.0 Å². The molecule has 2 heteroatoms. The highest BCUT2D eigenvalue weighted by atomic mass is 19.1. The van der Waals surface area contributed by atoms with Gasteiger partial charge in [-0.15, -0.1) is 0 Å². The van der Waals surface area contributed by atoms with Crippen molar-refractivity contribution in [3.05, 3.63) is 35.1 Å². The largest absolute Gasteiger partial charge is 0.317 e. The van der Waals surface area contributed by atoms with Gasteiger partial charge in [-0.1, -0.05) is 19.9 Å². The maximum absolute atomic E-state index is 13.4. The highest BCUT2D eigenvalue weighted by molar-refractivity contribution is 5.29. The summed E-state index contributed by atoms with van der Waals surface area (Å²) in [7, 11) is 1.96. The lowest BCUT2D eigenvalue weighted by atomic mass is 9.79. The molecule has 1 aromatic carbocycles. The van der Waals surface area contributed by atoms with E-state index in [9.17, 15) is 4.39 Å². The Balaban J connectivity index is 2.96. The van der Waals surface area contributed by atoms with E-state index < -0.39 is 0 Å². The Morgan fingerprint density at radius 3 is 2.44 bits per heavy atom. The molecule has 0 spiro atoms. The lowest BCUT2D eigenvalue weighted by Crippen LogP contribution is -2.31. The van der Waals surface area contributed by atoms with Gasteiger partial charge in [-0.2, -0.15) is 0 Å². The average Bonchev–Trinajstić information content (AvgIpc) is 2.15. The van der Waals surface area contributed by atoms with Gasteiger partial charge >= 0.3 is 0 Å². The van der Waals surface area contributed by atoms with Gasteiger partial charge in [0.15, 0.2) is 0 Å². The molecule has 0 aliphatic heterocycles. The van der Waals surface area contributed by atoms with Crippen molar-refractivity contribution in [3.63, 3.8) is 0 Å². The van der Waals surface area contributed by atoms with Crippen molar-refractivity contribution in [1.82, 2.24) is 5.32 Å². The SMILES string of the molecule is CNC(C)CC(C)(C)c1cc(C)cc(F)c1. The standard InChI is InChI=1S/C14H22FN/c1-10-6-12(8-13(15)7-10)14(3,4)9-11(2)16-5/h6-8,11,16H,9H2,1-5H3. The molecule has 16 heavy (non-hydrogen) atoms. The molecule has 1 atom stereocenters. The van der Waals surface area contributed by atoms with E-state index in [1.165, 1.54) is 0 Å². The first-order valence-corrected chi connectivity index (χ1v) is 5.80. The van der Waals surface area contributed by atoms with Crippen LogP contribution in [0.5, 0.6) is 0 Å². The molecular weight excluding hydrogens is 201 g/mol. The monoisotopic (exact) mass is 223 g/mol. The minimum Gasteiger partial charge on any atom is -0.317 e. The summed E-state index contributed by atoms with van der Waals surface area (Å²) in [6, 6.07) is 5.72. The predicted molar refractivity (Wildman–Crippen MR) is 67.3 cm³/mol. The van der Waals surface area contributed by atoms with Gasteiger partial charge in [0.05, 0.1) is 0 Å². The van der Waals surface area contributed by atoms with Gasteiger partial charge in [-0.3, -0.25) is 0 Å². The van der Waals surface area contributed by atoms with Crippen LogP contribution in [0.2, 0.25) is 0 Å². The van der Waals surface area contributed by atoms with Crippen molar-refractivity contribution in [2.24, 2.45) is 0 Å². The summed E-state index contributed by atoms with van der Waals surface area (Å²) in [6.07, 6.45) is 0.992. The summed E-state index contributed by atoms with van der Waals surface area (Å²) in [4.78, 5) is 0. The minimum atomic E-state index is -0.139. The summed E-state index contributed by atoms with van der Waals surface area (Å²) < 4.78 is 13.4. The molecule has 0 fully saturated rings. The zero-order chi connectivity index (χ0) is 12.3. The molecule has 0 aliphatic rings. The Bertz CT molecular complexity index is 338. The molecule has 1 N–H and O–H groups in total. The van der Waals surface area contributed by atoms with Crippen molar-refractivity contribution < 1.29 is 4.39 Å². The Kier molecular flexibility index (Phi) is 4.09. The minimum absolute atomic E-state index is 0.00468. The van der Waals surface area contributed by atoms with Gasteiger partial charge in [0.2, 0.25) is 0 Å². The first-order valence-electron chi connectivity index (χ1n) is 5.80. The molecule has 0 radical (unpaired) electrons. The van der Waals surface area contributed by atoms with Crippen LogP contribution in [0.25, 0.3) is 0 Å². The zero-order valence-electron chi connectivity index (χ0n) is 10.9. The summed E-state index contributed by atoms with van der Waals surface area (Å²) >= 11 is 0. The number of halogens is 1. The molecule has 1 unspecified atom stereocenters. The molecule has 0 saturated carbocycles. The van der Waals surface area contributed by atoms with Crippen LogP contribution < -0.4 is 5.32 Å². The van der Waals surface area contributed by atoms with Gasteiger partial charge < -0.3 is 5.32 Å². The van der Waals surface area contributed by atoms with Crippen molar-refractivity contribution in [2.45, 2.75) is 45.6 Å². The number of aryl methyl sites for hydroxylation is 1. The number of nitrogens with one attached hydrogen (secondary N) is 1. The van der Waals surface area contributed by atoms with Crippen LogP contribution in [0.4, 0.5) is 4.39 Å². The van der Waals surface area contributed by atoms with Crippen LogP contribution in [0.3, 0.4) is 0 Å². The second-order valence-electron chi connectivity index (χ2n) is 5.29. The van der Waals surface area contributed by atoms with Crippen LogP contribution in [-0.4, -0.2) is 13.1 Å². The fourth-order valence-electron chi connectivity index (χ4n) is 2.11. The fourth-order valence-corrected chi connectivity index (χ4v) is 2.11. The van der Waals surface area contributed by atoms with Gasteiger partial charge in [0, 0.05) is 6.04 Å². The summed E-state index contributed by atoms with van der Waals surface area (Å²) in [5.41, 5.74) is 2.06. The highest BCUT2D eigenvalue weighted by Crippen LogP contribution is 2.29. The molecule has 1 aromatic rings. The molecular formula is C14H22FN. The van der Waals surface area contributed by atoms with Crippen molar-refractivity contribution in [1.29, 1.82) is 0 Å². The van der Waals surface area contributed by atoms with E-state index in [1.807, 2.05) is 14.0 Å². The number of hydrogen-bond donors (Lipinski definition) is 1. The highest BCUT2D eigenvalue weighted by Gasteiger charge is 2.23. The second-order valence-corrected chi connectivity index (χ2v) is 5.29.